The number of carbonyl (C=O) groups is 1. The second kappa shape index (κ2) is 5.90. The third kappa shape index (κ3) is 2.79. The smallest absolute Gasteiger partial charge is 0.254 e. The van der Waals surface area contributed by atoms with Crippen LogP contribution in [0.15, 0.2) is 12.1 Å². The number of amides is 1. The van der Waals surface area contributed by atoms with Gasteiger partial charge in [-0.05, 0) is 29.7 Å². The van der Waals surface area contributed by atoms with E-state index in [1.165, 1.54) is 0 Å². The van der Waals surface area contributed by atoms with Crippen LogP contribution in [0.5, 0.6) is 0 Å². The maximum absolute atomic E-state index is 12.4. The third-order valence-corrected chi connectivity index (χ3v) is 4.20. The summed E-state index contributed by atoms with van der Waals surface area (Å²) in [4.78, 5) is 14.2. The van der Waals surface area contributed by atoms with Gasteiger partial charge in [0.15, 0.2) is 6.10 Å². The molecule has 1 aromatic carbocycles. The van der Waals surface area contributed by atoms with Gasteiger partial charge in [-0.15, -0.1) is 0 Å². The fourth-order valence-corrected chi connectivity index (χ4v) is 3.26. The molecule has 0 spiro atoms. The summed E-state index contributed by atoms with van der Waals surface area (Å²) in [6, 6.07) is 3.62. The van der Waals surface area contributed by atoms with Gasteiger partial charge in [0.05, 0.1) is 19.8 Å². The Bertz CT molecular complexity index is 529. The molecule has 1 saturated heterocycles. The molecule has 0 bridgehead atoms. The van der Waals surface area contributed by atoms with Crippen LogP contribution >= 0.6 is 23.2 Å². The zero-order valence-electron chi connectivity index (χ0n) is 10.9. The molecule has 0 N–H and O–H groups in total. The molecule has 2 aliphatic rings. The molecule has 0 radical (unpaired) electrons. The molecule has 1 amide bonds. The second-order valence-corrected chi connectivity index (χ2v) is 5.81. The molecule has 108 valence electrons. The number of hydrogen-bond acceptors (Lipinski definition) is 3. The van der Waals surface area contributed by atoms with E-state index >= 15 is 0 Å². The van der Waals surface area contributed by atoms with E-state index in [0.29, 0.717) is 43.0 Å². The van der Waals surface area contributed by atoms with Crippen molar-refractivity contribution in [3.63, 3.8) is 0 Å². The predicted molar refractivity (Wildman–Crippen MR) is 76.1 cm³/mol. The SMILES string of the molecule is O=C([C@@H]1COCCO1)N1CCc2c(Cl)cc(Cl)cc2C1. The Balaban J connectivity index is 1.76. The highest BCUT2D eigenvalue weighted by Gasteiger charge is 2.30. The lowest BCUT2D eigenvalue weighted by atomic mass is 9.99. The van der Waals surface area contributed by atoms with Crippen molar-refractivity contribution in [3.8, 4) is 0 Å². The lowest BCUT2D eigenvalue weighted by Crippen LogP contribution is -2.47. The quantitative estimate of drug-likeness (QED) is 0.798. The van der Waals surface area contributed by atoms with Gasteiger partial charge in [0, 0.05) is 23.1 Å². The van der Waals surface area contributed by atoms with Crippen LogP contribution in [0.3, 0.4) is 0 Å². The summed E-state index contributed by atoms with van der Waals surface area (Å²) < 4.78 is 10.7. The van der Waals surface area contributed by atoms with E-state index in [1.54, 1.807) is 11.0 Å². The van der Waals surface area contributed by atoms with E-state index in [4.69, 9.17) is 32.7 Å². The van der Waals surface area contributed by atoms with E-state index in [0.717, 1.165) is 17.5 Å². The summed E-state index contributed by atoms with van der Waals surface area (Å²) in [7, 11) is 0. The standard InChI is InChI=1S/C14H15Cl2NO3/c15-10-5-9-7-17(2-1-11(9)12(16)6-10)14(18)13-8-19-3-4-20-13/h5-6,13H,1-4,7-8H2/t13-/m0/s1. The number of rotatable bonds is 1. The van der Waals surface area contributed by atoms with Crippen molar-refractivity contribution in [1.29, 1.82) is 0 Å². The topological polar surface area (TPSA) is 38.8 Å². The van der Waals surface area contributed by atoms with Gasteiger partial charge in [0.25, 0.3) is 5.91 Å². The van der Waals surface area contributed by atoms with Crippen LogP contribution in [0, 0.1) is 0 Å². The Morgan fingerprint density at radius 2 is 2.15 bits per heavy atom. The molecule has 2 aliphatic heterocycles. The van der Waals surface area contributed by atoms with Crippen molar-refractivity contribution in [2.45, 2.75) is 19.1 Å². The number of hydrogen-bond donors (Lipinski definition) is 0. The van der Waals surface area contributed by atoms with Crippen molar-refractivity contribution < 1.29 is 14.3 Å². The van der Waals surface area contributed by atoms with E-state index in [9.17, 15) is 4.79 Å². The molecule has 3 rings (SSSR count). The van der Waals surface area contributed by atoms with Crippen LogP contribution in [0.25, 0.3) is 0 Å². The molecular formula is C14H15Cl2NO3. The molecule has 0 unspecified atom stereocenters. The van der Waals surface area contributed by atoms with Crippen molar-refractivity contribution in [3.05, 3.63) is 33.3 Å². The maximum atomic E-state index is 12.4. The fraction of sp³-hybridized carbons (Fsp3) is 0.500. The predicted octanol–water partition coefficient (Wildman–Crippen LogP) is 2.29. The highest BCUT2D eigenvalue weighted by molar-refractivity contribution is 6.35. The van der Waals surface area contributed by atoms with Gasteiger partial charge in [-0.2, -0.15) is 0 Å². The van der Waals surface area contributed by atoms with Crippen LogP contribution in [0.4, 0.5) is 0 Å². The van der Waals surface area contributed by atoms with Crippen molar-refractivity contribution in [1.82, 2.24) is 4.90 Å². The first-order valence-corrected chi connectivity index (χ1v) is 7.35. The van der Waals surface area contributed by atoms with Crippen LogP contribution in [-0.4, -0.2) is 43.3 Å². The third-order valence-electron chi connectivity index (χ3n) is 3.65. The monoisotopic (exact) mass is 315 g/mol. The Kier molecular flexibility index (Phi) is 4.17. The van der Waals surface area contributed by atoms with Crippen LogP contribution in [0.1, 0.15) is 11.1 Å². The summed E-state index contributed by atoms with van der Waals surface area (Å²) in [5.41, 5.74) is 2.10. The van der Waals surface area contributed by atoms with E-state index in [1.807, 2.05) is 6.07 Å². The van der Waals surface area contributed by atoms with E-state index in [2.05, 4.69) is 0 Å². The Morgan fingerprint density at radius 3 is 2.90 bits per heavy atom. The molecule has 20 heavy (non-hydrogen) atoms. The highest BCUT2D eigenvalue weighted by atomic mass is 35.5. The number of fused-ring (bicyclic) bond motifs is 1. The van der Waals surface area contributed by atoms with Crippen LogP contribution < -0.4 is 0 Å². The number of benzene rings is 1. The molecule has 2 heterocycles. The van der Waals surface area contributed by atoms with Gasteiger partial charge in [-0.1, -0.05) is 23.2 Å². The zero-order chi connectivity index (χ0) is 14.1. The number of ether oxygens (including phenoxy) is 2. The Hall–Kier alpha value is -0.810. The zero-order valence-corrected chi connectivity index (χ0v) is 12.4. The molecule has 1 aromatic rings. The van der Waals surface area contributed by atoms with Gasteiger partial charge in [-0.3, -0.25) is 4.79 Å². The van der Waals surface area contributed by atoms with E-state index in [-0.39, 0.29) is 5.91 Å². The number of nitrogens with zero attached hydrogens (tertiary/aromatic N) is 1. The molecule has 0 aromatic heterocycles. The molecule has 1 fully saturated rings. The molecule has 1 atom stereocenters. The lowest BCUT2D eigenvalue weighted by molar-refractivity contribution is -0.158. The Morgan fingerprint density at radius 1 is 1.30 bits per heavy atom. The van der Waals surface area contributed by atoms with Crippen LogP contribution in [-0.2, 0) is 27.2 Å². The summed E-state index contributed by atoms with van der Waals surface area (Å²) >= 11 is 12.2. The van der Waals surface area contributed by atoms with Gasteiger partial charge < -0.3 is 14.4 Å². The largest absolute Gasteiger partial charge is 0.376 e. The average molecular weight is 316 g/mol. The summed E-state index contributed by atoms with van der Waals surface area (Å²) in [6.07, 6.45) is 0.255. The first-order chi connectivity index (χ1) is 9.65. The minimum Gasteiger partial charge on any atom is -0.376 e. The minimum absolute atomic E-state index is 0.0218. The minimum atomic E-state index is -0.486. The average Bonchev–Trinajstić information content (AvgIpc) is 2.46. The highest BCUT2D eigenvalue weighted by Crippen LogP contribution is 2.30. The number of carbonyl (C=O) groups excluding carboxylic acids is 1. The van der Waals surface area contributed by atoms with Crippen LogP contribution in [0.2, 0.25) is 10.0 Å². The number of halogens is 2. The molecular weight excluding hydrogens is 301 g/mol. The molecule has 4 nitrogen and oxygen atoms in total. The summed E-state index contributed by atoms with van der Waals surface area (Å²) in [5.74, 6) is -0.0218. The van der Waals surface area contributed by atoms with Gasteiger partial charge >= 0.3 is 0 Å². The van der Waals surface area contributed by atoms with Crippen molar-refractivity contribution in [2.75, 3.05) is 26.4 Å². The second-order valence-electron chi connectivity index (χ2n) is 4.97. The normalized spacial score (nSPS) is 22.5. The summed E-state index contributed by atoms with van der Waals surface area (Å²) in [6.45, 7) is 2.52. The Labute approximate surface area is 127 Å². The van der Waals surface area contributed by atoms with Gasteiger partial charge in [0.2, 0.25) is 0 Å². The molecule has 0 saturated carbocycles. The van der Waals surface area contributed by atoms with Gasteiger partial charge in [-0.25, -0.2) is 0 Å². The fourth-order valence-electron chi connectivity index (χ4n) is 2.63. The maximum Gasteiger partial charge on any atom is 0.254 e. The van der Waals surface area contributed by atoms with Crippen molar-refractivity contribution >= 4 is 29.1 Å². The first-order valence-electron chi connectivity index (χ1n) is 6.60. The lowest BCUT2D eigenvalue weighted by Gasteiger charge is -2.33. The molecule has 6 heteroatoms. The van der Waals surface area contributed by atoms with Crippen molar-refractivity contribution in [2.24, 2.45) is 0 Å². The van der Waals surface area contributed by atoms with Gasteiger partial charge in [0.1, 0.15) is 0 Å². The van der Waals surface area contributed by atoms with E-state index < -0.39 is 6.10 Å². The molecule has 0 aliphatic carbocycles. The summed E-state index contributed by atoms with van der Waals surface area (Å²) in [5, 5.41) is 1.28. The first kappa shape index (κ1) is 14.1.